The Labute approximate surface area is 166 Å². The fourth-order valence-electron chi connectivity index (χ4n) is 2.60. The third-order valence-corrected chi connectivity index (χ3v) is 5.23. The smallest absolute Gasteiger partial charge is 0.234 e. The van der Waals surface area contributed by atoms with Crippen molar-refractivity contribution in [3.05, 3.63) is 58.9 Å². The highest BCUT2D eigenvalue weighted by Crippen LogP contribution is 2.26. The summed E-state index contributed by atoms with van der Waals surface area (Å²) in [5.74, 6) is 0.0784. The van der Waals surface area contributed by atoms with Crippen LogP contribution in [0.25, 0.3) is 11.4 Å². The molecule has 1 amide bonds. The van der Waals surface area contributed by atoms with Crippen LogP contribution in [0.3, 0.4) is 0 Å². The highest BCUT2D eigenvalue weighted by atomic mass is 35.5. The fourth-order valence-corrected chi connectivity index (χ4v) is 3.52. The van der Waals surface area contributed by atoms with E-state index in [1.165, 1.54) is 23.9 Å². The molecule has 1 heterocycles. The maximum Gasteiger partial charge on any atom is 0.234 e. The molecule has 2 aromatic carbocycles. The number of thioether (sulfide) groups is 1. The Bertz CT molecular complexity index is 976. The van der Waals surface area contributed by atoms with Gasteiger partial charge in [0.05, 0.1) is 10.8 Å². The molecule has 1 aromatic heterocycles. The second-order valence-corrected chi connectivity index (χ2v) is 7.18. The van der Waals surface area contributed by atoms with Crippen molar-refractivity contribution < 1.29 is 9.18 Å². The summed E-state index contributed by atoms with van der Waals surface area (Å²) in [4.78, 5) is 12.2. The van der Waals surface area contributed by atoms with Crippen LogP contribution in [0, 0.1) is 12.7 Å². The zero-order valence-electron chi connectivity index (χ0n) is 14.9. The standard InChI is InChI=1S/C19H18ClFN4OS/c1-3-25-18(14-7-5-4-6-12(14)2)23-24-19(25)27-11-17(26)22-13-8-9-15(20)16(21)10-13/h4-10H,3,11H2,1-2H3,(H,22,26). The van der Waals surface area contributed by atoms with Crippen LogP contribution >= 0.6 is 23.4 Å². The van der Waals surface area contributed by atoms with E-state index in [1.807, 2.05) is 42.7 Å². The fraction of sp³-hybridized carbons (Fsp3) is 0.211. The van der Waals surface area contributed by atoms with Gasteiger partial charge in [0.25, 0.3) is 0 Å². The number of anilines is 1. The molecule has 8 heteroatoms. The highest BCUT2D eigenvalue weighted by Gasteiger charge is 2.16. The minimum absolute atomic E-state index is 0.0159. The molecule has 0 aliphatic rings. The summed E-state index contributed by atoms with van der Waals surface area (Å²) in [6.45, 7) is 4.71. The van der Waals surface area contributed by atoms with Crippen LogP contribution < -0.4 is 5.32 Å². The summed E-state index contributed by atoms with van der Waals surface area (Å²) < 4.78 is 15.4. The van der Waals surface area contributed by atoms with Crippen LogP contribution in [-0.4, -0.2) is 26.4 Å². The lowest BCUT2D eigenvalue weighted by Crippen LogP contribution is -2.14. The lowest BCUT2D eigenvalue weighted by Gasteiger charge is -2.09. The summed E-state index contributed by atoms with van der Waals surface area (Å²) in [7, 11) is 0. The molecule has 27 heavy (non-hydrogen) atoms. The average molecular weight is 405 g/mol. The molecule has 1 N–H and O–H groups in total. The zero-order chi connectivity index (χ0) is 19.4. The minimum atomic E-state index is -0.573. The molecule has 3 aromatic rings. The van der Waals surface area contributed by atoms with Crippen LogP contribution in [0.15, 0.2) is 47.6 Å². The van der Waals surface area contributed by atoms with Crippen molar-refractivity contribution >= 4 is 35.0 Å². The number of carbonyl (C=O) groups is 1. The van der Waals surface area contributed by atoms with Gasteiger partial charge in [-0.1, -0.05) is 47.6 Å². The number of aryl methyl sites for hydroxylation is 1. The topological polar surface area (TPSA) is 59.8 Å². The zero-order valence-corrected chi connectivity index (χ0v) is 16.4. The van der Waals surface area contributed by atoms with E-state index >= 15 is 0 Å². The largest absolute Gasteiger partial charge is 0.325 e. The number of hydrogen-bond acceptors (Lipinski definition) is 4. The Morgan fingerprint density at radius 3 is 2.74 bits per heavy atom. The normalized spacial score (nSPS) is 10.8. The summed E-state index contributed by atoms with van der Waals surface area (Å²) in [5.41, 5.74) is 2.48. The lowest BCUT2D eigenvalue weighted by atomic mass is 10.1. The number of amides is 1. The molecule has 0 aliphatic heterocycles. The second-order valence-electron chi connectivity index (χ2n) is 5.83. The van der Waals surface area contributed by atoms with E-state index in [0.29, 0.717) is 17.4 Å². The molecule has 0 atom stereocenters. The van der Waals surface area contributed by atoms with Crippen molar-refractivity contribution in [2.24, 2.45) is 0 Å². The maximum absolute atomic E-state index is 13.5. The lowest BCUT2D eigenvalue weighted by molar-refractivity contribution is -0.113. The van der Waals surface area contributed by atoms with Crippen molar-refractivity contribution in [2.75, 3.05) is 11.1 Å². The van der Waals surface area contributed by atoms with E-state index in [9.17, 15) is 9.18 Å². The van der Waals surface area contributed by atoms with Gasteiger partial charge in [0.1, 0.15) is 5.82 Å². The molecular formula is C19H18ClFN4OS. The van der Waals surface area contributed by atoms with Crippen LogP contribution in [0.2, 0.25) is 5.02 Å². The Kier molecular flexibility index (Phi) is 6.13. The van der Waals surface area contributed by atoms with Gasteiger partial charge in [0.15, 0.2) is 11.0 Å². The number of rotatable bonds is 6. The first kappa shape index (κ1) is 19.4. The number of nitrogens with one attached hydrogen (secondary N) is 1. The molecule has 5 nitrogen and oxygen atoms in total. The molecule has 140 valence electrons. The summed E-state index contributed by atoms with van der Waals surface area (Å²) in [6.07, 6.45) is 0. The van der Waals surface area contributed by atoms with Gasteiger partial charge < -0.3 is 9.88 Å². The molecule has 0 radical (unpaired) electrons. The van der Waals surface area contributed by atoms with Crippen molar-refractivity contribution in [3.8, 4) is 11.4 Å². The number of aromatic nitrogens is 3. The number of carbonyl (C=O) groups excluding carboxylic acids is 1. The predicted molar refractivity (Wildman–Crippen MR) is 107 cm³/mol. The molecule has 0 saturated carbocycles. The Hall–Kier alpha value is -2.38. The number of halogens is 2. The first-order valence-corrected chi connectivity index (χ1v) is 9.73. The van der Waals surface area contributed by atoms with Crippen molar-refractivity contribution in [1.82, 2.24) is 14.8 Å². The summed E-state index contributed by atoms with van der Waals surface area (Å²) >= 11 is 6.93. The van der Waals surface area contributed by atoms with Gasteiger partial charge in [0, 0.05) is 17.8 Å². The van der Waals surface area contributed by atoms with Crippen LogP contribution in [0.4, 0.5) is 10.1 Å². The number of nitrogens with zero attached hydrogens (tertiary/aromatic N) is 3. The second kappa shape index (κ2) is 8.54. The van der Waals surface area contributed by atoms with E-state index in [2.05, 4.69) is 15.5 Å². The van der Waals surface area contributed by atoms with Crippen molar-refractivity contribution in [3.63, 3.8) is 0 Å². The Balaban J connectivity index is 1.70. The third-order valence-electron chi connectivity index (χ3n) is 3.95. The number of benzene rings is 2. The van der Waals surface area contributed by atoms with Gasteiger partial charge in [-0.3, -0.25) is 4.79 Å². The molecule has 0 unspecified atom stereocenters. The first-order chi connectivity index (χ1) is 13.0. The number of hydrogen-bond donors (Lipinski definition) is 1. The van der Waals surface area contributed by atoms with Gasteiger partial charge in [-0.2, -0.15) is 0 Å². The van der Waals surface area contributed by atoms with E-state index in [1.54, 1.807) is 6.07 Å². The first-order valence-electron chi connectivity index (χ1n) is 8.36. The molecule has 0 spiro atoms. The van der Waals surface area contributed by atoms with Gasteiger partial charge in [-0.25, -0.2) is 4.39 Å². The molecule has 3 rings (SSSR count). The molecule has 0 fully saturated rings. The SMILES string of the molecule is CCn1c(SCC(=O)Nc2ccc(Cl)c(F)c2)nnc1-c1ccccc1C. The maximum atomic E-state index is 13.5. The molecular weight excluding hydrogens is 387 g/mol. The van der Waals surface area contributed by atoms with E-state index in [-0.39, 0.29) is 16.7 Å². The van der Waals surface area contributed by atoms with Gasteiger partial charge in [-0.15, -0.1) is 10.2 Å². The van der Waals surface area contributed by atoms with Crippen molar-refractivity contribution in [1.29, 1.82) is 0 Å². The van der Waals surface area contributed by atoms with Crippen LogP contribution in [-0.2, 0) is 11.3 Å². The summed E-state index contributed by atoms with van der Waals surface area (Å²) in [6, 6.07) is 12.1. The van der Waals surface area contributed by atoms with Crippen LogP contribution in [0.5, 0.6) is 0 Å². The monoisotopic (exact) mass is 404 g/mol. The predicted octanol–water partition coefficient (Wildman–Crippen LogP) is 4.80. The molecule has 0 aliphatic carbocycles. The molecule has 0 saturated heterocycles. The van der Waals surface area contributed by atoms with Gasteiger partial charge in [0.2, 0.25) is 5.91 Å². The van der Waals surface area contributed by atoms with Crippen molar-refractivity contribution in [2.45, 2.75) is 25.5 Å². The average Bonchev–Trinajstić information content (AvgIpc) is 3.06. The van der Waals surface area contributed by atoms with E-state index < -0.39 is 5.82 Å². The van der Waals surface area contributed by atoms with Gasteiger partial charge >= 0.3 is 0 Å². The molecule has 0 bridgehead atoms. The van der Waals surface area contributed by atoms with E-state index in [4.69, 9.17) is 11.6 Å². The minimum Gasteiger partial charge on any atom is -0.325 e. The Morgan fingerprint density at radius 1 is 1.26 bits per heavy atom. The highest BCUT2D eigenvalue weighted by molar-refractivity contribution is 7.99. The van der Waals surface area contributed by atoms with Gasteiger partial charge in [-0.05, 0) is 37.6 Å². The van der Waals surface area contributed by atoms with E-state index in [0.717, 1.165) is 17.0 Å². The Morgan fingerprint density at radius 2 is 2.04 bits per heavy atom. The third kappa shape index (κ3) is 4.48. The summed E-state index contributed by atoms with van der Waals surface area (Å²) in [5, 5.41) is 11.9. The quantitative estimate of drug-likeness (QED) is 0.599. The van der Waals surface area contributed by atoms with Crippen LogP contribution in [0.1, 0.15) is 12.5 Å².